The number of nitrogens with one attached hydrogen (secondary N) is 1. The van der Waals surface area contributed by atoms with Crippen LogP contribution in [0.1, 0.15) is 12.5 Å². The molecule has 1 amide bonds. The third-order valence-corrected chi connectivity index (χ3v) is 6.25. The first-order valence-electron chi connectivity index (χ1n) is 9.74. The van der Waals surface area contributed by atoms with Crippen molar-refractivity contribution in [2.45, 2.75) is 18.4 Å². The largest absolute Gasteiger partial charge is 0.494 e. The maximum atomic E-state index is 12.4. The fourth-order valence-corrected chi connectivity index (χ4v) is 4.21. The van der Waals surface area contributed by atoms with Crippen molar-refractivity contribution in [3.63, 3.8) is 0 Å². The van der Waals surface area contributed by atoms with E-state index in [4.69, 9.17) is 4.74 Å². The second-order valence-electron chi connectivity index (χ2n) is 6.87. The van der Waals surface area contributed by atoms with Gasteiger partial charge in [-0.2, -0.15) is 0 Å². The van der Waals surface area contributed by atoms with Gasteiger partial charge in [0.25, 0.3) is 0 Å². The lowest BCUT2D eigenvalue weighted by atomic mass is 10.2. The van der Waals surface area contributed by atoms with Gasteiger partial charge in [-0.25, -0.2) is 13.1 Å². The van der Waals surface area contributed by atoms with Gasteiger partial charge in [0.1, 0.15) is 5.75 Å². The summed E-state index contributed by atoms with van der Waals surface area (Å²) in [6, 6.07) is 16.4. The highest BCUT2D eigenvalue weighted by Gasteiger charge is 2.23. The lowest BCUT2D eigenvalue weighted by Crippen LogP contribution is -2.50. The summed E-state index contributed by atoms with van der Waals surface area (Å²) in [6.45, 7) is 5.71. The Morgan fingerprint density at radius 3 is 2.28 bits per heavy atom. The van der Waals surface area contributed by atoms with Crippen molar-refractivity contribution in [3.8, 4) is 5.75 Å². The van der Waals surface area contributed by atoms with Gasteiger partial charge in [0.2, 0.25) is 15.9 Å². The number of sulfonamides is 1. The molecule has 0 aliphatic carbocycles. The molecule has 0 radical (unpaired) electrons. The molecular formula is C21H27N3O4S. The summed E-state index contributed by atoms with van der Waals surface area (Å²) >= 11 is 0. The molecule has 1 aliphatic heterocycles. The molecule has 156 valence electrons. The van der Waals surface area contributed by atoms with Crippen molar-refractivity contribution in [1.82, 2.24) is 14.5 Å². The molecule has 1 N–H and O–H groups in total. The van der Waals surface area contributed by atoms with E-state index in [1.54, 1.807) is 17.0 Å². The minimum absolute atomic E-state index is 0.112. The Kier molecular flexibility index (Phi) is 7.24. The highest BCUT2D eigenvalue weighted by molar-refractivity contribution is 7.89. The van der Waals surface area contributed by atoms with Crippen LogP contribution in [0.15, 0.2) is 59.5 Å². The molecular weight excluding hydrogens is 390 g/mol. The van der Waals surface area contributed by atoms with E-state index in [-0.39, 0.29) is 17.3 Å². The molecule has 0 spiro atoms. The standard InChI is InChI=1S/C21H27N3O4S/c1-2-28-19-8-10-20(11-9-19)29(26,27)22-16-21(25)24-14-12-23(13-15-24)17-18-6-4-3-5-7-18/h3-11,22H,2,12-17H2,1H3. The highest BCUT2D eigenvalue weighted by Crippen LogP contribution is 2.16. The summed E-state index contributed by atoms with van der Waals surface area (Å²) in [5.74, 6) is 0.398. The van der Waals surface area contributed by atoms with E-state index in [1.807, 2.05) is 25.1 Å². The molecule has 0 aromatic heterocycles. The van der Waals surface area contributed by atoms with Crippen molar-refractivity contribution >= 4 is 15.9 Å². The normalized spacial score (nSPS) is 15.3. The zero-order valence-corrected chi connectivity index (χ0v) is 17.4. The minimum Gasteiger partial charge on any atom is -0.494 e. The zero-order chi connectivity index (χ0) is 20.7. The number of piperazine rings is 1. The van der Waals surface area contributed by atoms with Crippen LogP contribution in [0.5, 0.6) is 5.75 Å². The topological polar surface area (TPSA) is 78.9 Å². The van der Waals surface area contributed by atoms with E-state index in [0.29, 0.717) is 25.4 Å². The number of rotatable bonds is 8. The quantitative estimate of drug-likeness (QED) is 0.707. The summed E-state index contributed by atoms with van der Waals surface area (Å²) in [7, 11) is -3.74. The fourth-order valence-electron chi connectivity index (χ4n) is 3.23. The molecule has 1 saturated heterocycles. The van der Waals surface area contributed by atoms with Crippen molar-refractivity contribution in [3.05, 3.63) is 60.2 Å². The molecule has 1 aliphatic rings. The van der Waals surface area contributed by atoms with E-state index < -0.39 is 10.0 Å². The third kappa shape index (κ3) is 6.03. The molecule has 0 atom stereocenters. The number of carbonyl (C=O) groups is 1. The molecule has 2 aromatic carbocycles. The van der Waals surface area contributed by atoms with E-state index in [0.717, 1.165) is 19.6 Å². The number of ether oxygens (including phenoxy) is 1. The Balaban J connectivity index is 1.47. The van der Waals surface area contributed by atoms with E-state index in [1.165, 1.54) is 17.7 Å². The lowest BCUT2D eigenvalue weighted by molar-refractivity contribution is -0.131. The SMILES string of the molecule is CCOc1ccc(S(=O)(=O)NCC(=O)N2CCN(Cc3ccccc3)CC2)cc1. The summed E-state index contributed by atoms with van der Waals surface area (Å²) < 4.78 is 32.5. The zero-order valence-electron chi connectivity index (χ0n) is 16.6. The van der Waals surface area contributed by atoms with Crippen LogP contribution in [0.4, 0.5) is 0 Å². The lowest BCUT2D eigenvalue weighted by Gasteiger charge is -2.34. The van der Waals surface area contributed by atoms with Crippen LogP contribution in [0.25, 0.3) is 0 Å². The average molecular weight is 418 g/mol. The van der Waals surface area contributed by atoms with Gasteiger partial charge in [-0.3, -0.25) is 9.69 Å². The van der Waals surface area contributed by atoms with Crippen molar-refractivity contribution in [1.29, 1.82) is 0 Å². The predicted molar refractivity (Wildman–Crippen MR) is 111 cm³/mol. The summed E-state index contributed by atoms with van der Waals surface area (Å²) in [5, 5.41) is 0. The number of nitrogens with zero attached hydrogens (tertiary/aromatic N) is 2. The van der Waals surface area contributed by atoms with Gasteiger partial charge in [-0.05, 0) is 36.8 Å². The first-order chi connectivity index (χ1) is 14.0. The molecule has 0 unspecified atom stereocenters. The highest BCUT2D eigenvalue weighted by atomic mass is 32.2. The van der Waals surface area contributed by atoms with Crippen LogP contribution in [0.2, 0.25) is 0 Å². The molecule has 2 aromatic rings. The number of amides is 1. The average Bonchev–Trinajstić information content (AvgIpc) is 2.74. The molecule has 0 bridgehead atoms. The minimum atomic E-state index is -3.74. The first kappa shape index (κ1) is 21.3. The number of hydrogen-bond acceptors (Lipinski definition) is 5. The summed E-state index contributed by atoms with van der Waals surface area (Å²) in [4.78, 5) is 16.6. The monoisotopic (exact) mass is 417 g/mol. The second kappa shape index (κ2) is 9.87. The Hall–Kier alpha value is -2.42. The van der Waals surface area contributed by atoms with Gasteiger partial charge in [0.05, 0.1) is 18.0 Å². The maximum absolute atomic E-state index is 12.4. The van der Waals surface area contributed by atoms with Crippen molar-refractivity contribution in [2.24, 2.45) is 0 Å². The van der Waals surface area contributed by atoms with Crippen LogP contribution < -0.4 is 9.46 Å². The Labute approximate surface area is 172 Å². The van der Waals surface area contributed by atoms with E-state index >= 15 is 0 Å². The smallest absolute Gasteiger partial charge is 0.241 e. The van der Waals surface area contributed by atoms with Crippen LogP contribution in [0, 0.1) is 0 Å². The Morgan fingerprint density at radius 1 is 1.00 bits per heavy atom. The Morgan fingerprint density at radius 2 is 1.66 bits per heavy atom. The second-order valence-corrected chi connectivity index (χ2v) is 8.64. The maximum Gasteiger partial charge on any atom is 0.241 e. The predicted octanol–water partition coefficient (Wildman–Crippen LogP) is 1.71. The molecule has 1 fully saturated rings. The number of hydrogen-bond donors (Lipinski definition) is 1. The van der Waals surface area contributed by atoms with E-state index in [2.05, 4.69) is 21.8 Å². The molecule has 3 rings (SSSR count). The van der Waals surface area contributed by atoms with Crippen LogP contribution >= 0.6 is 0 Å². The Bertz CT molecular complexity index is 893. The van der Waals surface area contributed by atoms with Crippen LogP contribution in [-0.2, 0) is 21.4 Å². The molecule has 29 heavy (non-hydrogen) atoms. The molecule has 7 nitrogen and oxygen atoms in total. The first-order valence-corrected chi connectivity index (χ1v) is 11.2. The van der Waals surface area contributed by atoms with Crippen molar-refractivity contribution < 1.29 is 17.9 Å². The van der Waals surface area contributed by atoms with Gasteiger partial charge < -0.3 is 9.64 Å². The van der Waals surface area contributed by atoms with Crippen LogP contribution in [-0.4, -0.2) is 63.5 Å². The molecule has 0 saturated carbocycles. The van der Waals surface area contributed by atoms with E-state index in [9.17, 15) is 13.2 Å². The molecule has 1 heterocycles. The number of benzene rings is 2. The number of carbonyl (C=O) groups excluding carboxylic acids is 1. The van der Waals surface area contributed by atoms with Gasteiger partial charge in [-0.1, -0.05) is 30.3 Å². The van der Waals surface area contributed by atoms with Gasteiger partial charge in [0.15, 0.2) is 0 Å². The summed E-state index contributed by atoms with van der Waals surface area (Å²) in [5.41, 5.74) is 1.25. The van der Waals surface area contributed by atoms with Gasteiger partial charge in [0, 0.05) is 32.7 Å². The fraction of sp³-hybridized carbons (Fsp3) is 0.381. The summed E-state index contributed by atoms with van der Waals surface area (Å²) in [6.07, 6.45) is 0. The molecule has 8 heteroatoms. The third-order valence-electron chi connectivity index (χ3n) is 4.83. The van der Waals surface area contributed by atoms with Gasteiger partial charge in [-0.15, -0.1) is 0 Å². The van der Waals surface area contributed by atoms with Gasteiger partial charge >= 0.3 is 0 Å². The van der Waals surface area contributed by atoms with Crippen molar-refractivity contribution in [2.75, 3.05) is 39.3 Å². The van der Waals surface area contributed by atoms with Crippen LogP contribution in [0.3, 0.4) is 0 Å².